The highest BCUT2D eigenvalue weighted by Gasteiger charge is 2.08. The van der Waals surface area contributed by atoms with Gasteiger partial charge in [-0.2, -0.15) is 0 Å². The third-order valence-corrected chi connectivity index (χ3v) is 2.45. The molecule has 0 N–H and O–H groups in total. The lowest BCUT2D eigenvalue weighted by atomic mass is 10.0. The van der Waals surface area contributed by atoms with E-state index in [1.165, 1.54) is 0 Å². The Hall–Kier alpha value is -1.48. The smallest absolute Gasteiger partial charge is 0.158 e. The Morgan fingerprint density at radius 3 is 2.71 bits per heavy atom. The first-order valence-electron chi connectivity index (χ1n) is 5.79. The van der Waals surface area contributed by atoms with Gasteiger partial charge in [0, 0.05) is 12.8 Å². The Kier molecular flexibility index (Phi) is 6.18. The van der Waals surface area contributed by atoms with Crippen LogP contribution in [0.3, 0.4) is 0 Å². The molecule has 1 atom stereocenters. The maximum atomic E-state index is 11.5. The summed E-state index contributed by atoms with van der Waals surface area (Å²) in [6.45, 7) is 2.47. The molecule has 0 heterocycles. The molecule has 0 fully saturated rings. The van der Waals surface area contributed by atoms with E-state index in [9.17, 15) is 9.59 Å². The number of ketones is 1. The highest BCUT2D eigenvalue weighted by molar-refractivity contribution is 5.80. The van der Waals surface area contributed by atoms with Crippen LogP contribution >= 0.6 is 0 Å². The van der Waals surface area contributed by atoms with Gasteiger partial charge in [-0.05, 0) is 11.5 Å². The van der Waals surface area contributed by atoms with Gasteiger partial charge in [0.1, 0.15) is 12.9 Å². The molecule has 1 rings (SSSR count). The molecule has 0 spiro atoms. The number of carbonyl (C=O) groups is 2. The molecule has 0 aromatic heterocycles. The Morgan fingerprint density at radius 2 is 2.06 bits per heavy atom. The first-order valence-corrected chi connectivity index (χ1v) is 5.79. The molecule has 92 valence electrons. The van der Waals surface area contributed by atoms with E-state index in [2.05, 4.69) is 0 Å². The fourth-order valence-electron chi connectivity index (χ4n) is 1.55. The number of benzene rings is 1. The standard InChI is InChI=1S/C14H18O3/c1-12(7-8-15)9-14(16)11-17-10-13-5-3-2-4-6-13/h2-6,8,12H,7,9-11H2,1H3. The number of hydrogen-bond donors (Lipinski definition) is 0. The summed E-state index contributed by atoms with van der Waals surface area (Å²) in [5.41, 5.74) is 1.06. The summed E-state index contributed by atoms with van der Waals surface area (Å²) in [5, 5.41) is 0. The molecule has 0 radical (unpaired) electrons. The Balaban J connectivity index is 2.18. The lowest BCUT2D eigenvalue weighted by Gasteiger charge is -2.07. The molecule has 0 saturated heterocycles. The molecule has 0 bridgehead atoms. The SMILES string of the molecule is CC(CC=O)CC(=O)COCc1ccccc1. The van der Waals surface area contributed by atoms with E-state index in [4.69, 9.17) is 4.74 Å². The predicted molar refractivity (Wildman–Crippen MR) is 65.6 cm³/mol. The van der Waals surface area contributed by atoms with Crippen LogP contribution in [0, 0.1) is 5.92 Å². The highest BCUT2D eigenvalue weighted by Crippen LogP contribution is 2.07. The van der Waals surface area contributed by atoms with Crippen LogP contribution in [0.25, 0.3) is 0 Å². The molecule has 3 heteroatoms. The average Bonchev–Trinajstić information content (AvgIpc) is 2.30. The first kappa shape index (κ1) is 13.6. The zero-order valence-electron chi connectivity index (χ0n) is 10.1. The van der Waals surface area contributed by atoms with Crippen LogP contribution in [0.1, 0.15) is 25.3 Å². The van der Waals surface area contributed by atoms with Crippen molar-refractivity contribution in [2.24, 2.45) is 5.92 Å². The molecular formula is C14H18O3. The van der Waals surface area contributed by atoms with Gasteiger partial charge in [-0.1, -0.05) is 37.3 Å². The molecule has 0 amide bonds. The van der Waals surface area contributed by atoms with Gasteiger partial charge in [0.05, 0.1) is 6.61 Å². The van der Waals surface area contributed by atoms with Gasteiger partial charge >= 0.3 is 0 Å². The van der Waals surface area contributed by atoms with Crippen molar-refractivity contribution < 1.29 is 14.3 Å². The maximum Gasteiger partial charge on any atom is 0.158 e. The van der Waals surface area contributed by atoms with E-state index < -0.39 is 0 Å². The Morgan fingerprint density at radius 1 is 1.35 bits per heavy atom. The average molecular weight is 234 g/mol. The molecule has 17 heavy (non-hydrogen) atoms. The fraction of sp³-hybridized carbons (Fsp3) is 0.429. The number of ether oxygens (including phenoxy) is 1. The topological polar surface area (TPSA) is 43.4 Å². The summed E-state index contributed by atoms with van der Waals surface area (Å²) < 4.78 is 5.32. The molecular weight excluding hydrogens is 216 g/mol. The summed E-state index contributed by atoms with van der Waals surface area (Å²) in [5.74, 6) is 0.163. The zero-order valence-corrected chi connectivity index (χ0v) is 10.1. The number of hydrogen-bond acceptors (Lipinski definition) is 3. The van der Waals surface area contributed by atoms with Crippen LogP contribution in [0.5, 0.6) is 0 Å². The van der Waals surface area contributed by atoms with Crippen LogP contribution in [0.4, 0.5) is 0 Å². The first-order chi connectivity index (χ1) is 8.22. The molecule has 1 aromatic carbocycles. The molecule has 0 aliphatic carbocycles. The minimum Gasteiger partial charge on any atom is -0.369 e. The fourth-order valence-corrected chi connectivity index (χ4v) is 1.55. The molecule has 1 unspecified atom stereocenters. The largest absolute Gasteiger partial charge is 0.369 e. The lowest BCUT2D eigenvalue weighted by Crippen LogP contribution is -2.12. The van der Waals surface area contributed by atoms with E-state index in [-0.39, 0.29) is 18.3 Å². The van der Waals surface area contributed by atoms with Crippen molar-refractivity contribution in [1.29, 1.82) is 0 Å². The monoisotopic (exact) mass is 234 g/mol. The van der Waals surface area contributed by atoms with Crippen LogP contribution in [-0.2, 0) is 20.9 Å². The van der Waals surface area contributed by atoms with E-state index in [1.54, 1.807) is 0 Å². The van der Waals surface area contributed by atoms with Gasteiger partial charge in [0.2, 0.25) is 0 Å². The third kappa shape index (κ3) is 5.97. The molecule has 0 saturated carbocycles. The summed E-state index contributed by atoms with van der Waals surface area (Å²) >= 11 is 0. The van der Waals surface area contributed by atoms with Crippen molar-refractivity contribution in [3.63, 3.8) is 0 Å². The van der Waals surface area contributed by atoms with Gasteiger partial charge in [0.15, 0.2) is 5.78 Å². The zero-order chi connectivity index (χ0) is 12.5. The van der Waals surface area contributed by atoms with Gasteiger partial charge < -0.3 is 9.53 Å². The maximum absolute atomic E-state index is 11.5. The Bertz CT molecular complexity index is 346. The van der Waals surface area contributed by atoms with Crippen molar-refractivity contribution >= 4 is 12.1 Å². The van der Waals surface area contributed by atoms with Crippen LogP contribution < -0.4 is 0 Å². The number of Topliss-reactive ketones (excluding diaryl/α,β-unsaturated/α-hetero) is 1. The molecule has 0 aliphatic rings. The van der Waals surface area contributed by atoms with E-state index in [0.29, 0.717) is 19.4 Å². The van der Waals surface area contributed by atoms with Crippen molar-refractivity contribution in [2.45, 2.75) is 26.4 Å². The second-order valence-corrected chi connectivity index (χ2v) is 4.23. The van der Waals surface area contributed by atoms with Crippen LogP contribution in [0.2, 0.25) is 0 Å². The van der Waals surface area contributed by atoms with E-state index in [1.807, 2.05) is 37.3 Å². The minimum absolute atomic E-state index is 0.0512. The number of rotatable bonds is 8. The molecule has 3 nitrogen and oxygen atoms in total. The summed E-state index contributed by atoms with van der Waals surface area (Å²) in [7, 11) is 0. The third-order valence-electron chi connectivity index (χ3n) is 2.45. The van der Waals surface area contributed by atoms with Crippen LogP contribution in [0.15, 0.2) is 30.3 Å². The second kappa shape index (κ2) is 7.74. The highest BCUT2D eigenvalue weighted by atomic mass is 16.5. The summed E-state index contributed by atoms with van der Waals surface area (Å²) in [6, 6.07) is 9.73. The normalized spacial score (nSPS) is 12.1. The van der Waals surface area contributed by atoms with Crippen molar-refractivity contribution in [1.82, 2.24) is 0 Å². The van der Waals surface area contributed by atoms with Crippen LogP contribution in [-0.4, -0.2) is 18.7 Å². The van der Waals surface area contributed by atoms with Crippen molar-refractivity contribution in [2.75, 3.05) is 6.61 Å². The minimum atomic E-state index is 0.0512. The summed E-state index contributed by atoms with van der Waals surface area (Å²) in [6.07, 6.45) is 1.70. The van der Waals surface area contributed by atoms with E-state index in [0.717, 1.165) is 11.8 Å². The molecule has 1 aromatic rings. The molecule has 0 aliphatic heterocycles. The van der Waals surface area contributed by atoms with Gasteiger partial charge in [-0.25, -0.2) is 0 Å². The lowest BCUT2D eigenvalue weighted by molar-refractivity contribution is -0.124. The van der Waals surface area contributed by atoms with Gasteiger partial charge in [-0.3, -0.25) is 4.79 Å². The summed E-state index contributed by atoms with van der Waals surface area (Å²) in [4.78, 5) is 21.7. The van der Waals surface area contributed by atoms with Crippen molar-refractivity contribution in [3.8, 4) is 0 Å². The predicted octanol–water partition coefficient (Wildman–Crippen LogP) is 2.39. The van der Waals surface area contributed by atoms with Crippen molar-refractivity contribution in [3.05, 3.63) is 35.9 Å². The van der Waals surface area contributed by atoms with Gasteiger partial charge in [0.25, 0.3) is 0 Å². The number of aldehydes is 1. The number of carbonyl (C=O) groups excluding carboxylic acids is 2. The van der Waals surface area contributed by atoms with Gasteiger partial charge in [-0.15, -0.1) is 0 Å². The Labute approximate surface area is 102 Å². The van der Waals surface area contributed by atoms with E-state index >= 15 is 0 Å². The quantitative estimate of drug-likeness (QED) is 0.649. The second-order valence-electron chi connectivity index (χ2n) is 4.23.